The van der Waals surface area contributed by atoms with E-state index in [0.29, 0.717) is 16.5 Å². The van der Waals surface area contributed by atoms with Gasteiger partial charge in [0.05, 0.1) is 30.6 Å². The van der Waals surface area contributed by atoms with E-state index < -0.39 is 5.41 Å². The predicted octanol–water partition coefficient (Wildman–Crippen LogP) is 6.05. The van der Waals surface area contributed by atoms with Crippen molar-refractivity contribution < 1.29 is 9.53 Å². The molecule has 4 aromatic rings. The molecule has 2 N–H and O–H groups in total. The number of nitrogens with one attached hydrogen (secondary N) is 2. The lowest BCUT2D eigenvalue weighted by atomic mass is 9.95. The van der Waals surface area contributed by atoms with Crippen molar-refractivity contribution in [3.8, 4) is 11.6 Å². The highest BCUT2D eigenvalue weighted by molar-refractivity contribution is 7.80. The van der Waals surface area contributed by atoms with Gasteiger partial charge in [0, 0.05) is 41.0 Å². The molecule has 40 heavy (non-hydrogen) atoms. The number of pyridine rings is 2. The van der Waals surface area contributed by atoms with E-state index >= 15 is 0 Å². The normalized spacial score (nSPS) is 17.1. The van der Waals surface area contributed by atoms with Gasteiger partial charge < -0.3 is 24.8 Å². The maximum atomic E-state index is 12.7. The van der Waals surface area contributed by atoms with Crippen molar-refractivity contribution in [3.05, 3.63) is 95.7 Å². The van der Waals surface area contributed by atoms with Crippen LogP contribution in [0.1, 0.15) is 55.5 Å². The fourth-order valence-electron chi connectivity index (χ4n) is 5.12. The average molecular weight is 555 g/mol. The van der Waals surface area contributed by atoms with Crippen molar-refractivity contribution in [3.63, 3.8) is 0 Å². The molecular weight excluding hydrogens is 520 g/mol. The van der Waals surface area contributed by atoms with Gasteiger partial charge in [-0.05, 0) is 74.1 Å². The zero-order valence-electron chi connectivity index (χ0n) is 23.6. The van der Waals surface area contributed by atoms with Gasteiger partial charge in [0.15, 0.2) is 5.11 Å². The molecule has 1 aromatic carbocycles. The molecule has 0 saturated carbocycles. The summed E-state index contributed by atoms with van der Waals surface area (Å²) in [6, 6.07) is 19.4. The zero-order valence-corrected chi connectivity index (χ0v) is 24.4. The van der Waals surface area contributed by atoms with Crippen LogP contribution in [0.3, 0.4) is 0 Å². The first-order valence-electron chi connectivity index (χ1n) is 13.2. The summed E-state index contributed by atoms with van der Waals surface area (Å²) in [5.41, 5.74) is 5.04. The summed E-state index contributed by atoms with van der Waals surface area (Å²) in [5.74, 6) is 1.32. The van der Waals surface area contributed by atoms with E-state index in [4.69, 9.17) is 17.0 Å². The van der Waals surface area contributed by atoms with Crippen LogP contribution in [0.5, 0.6) is 5.75 Å². The van der Waals surface area contributed by atoms with Gasteiger partial charge in [0.1, 0.15) is 11.6 Å². The molecule has 9 heteroatoms. The highest BCUT2D eigenvalue weighted by Crippen LogP contribution is 2.45. The Morgan fingerprint density at radius 1 is 1.02 bits per heavy atom. The van der Waals surface area contributed by atoms with Gasteiger partial charge in [-0.25, -0.2) is 4.98 Å². The maximum absolute atomic E-state index is 12.7. The second-order valence-corrected chi connectivity index (χ2v) is 11.3. The molecule has 4 heterocycles. The lowest BCUT2D eigenvalue weighted by Gasteiger charge is -2.29. The lowest BCUT2D eigenvalue weighted by Crippen LogP contribution is -2.30. The van der Waals surface area contributed by atoms with Crippen LogP contribution in [-0.4, -0.2) is 32.7 Å². The number of hydrogen-bond donors (Lipinski definition) is 2. The van der Waals surface area contributed by atoms with E-state index in [1.54, 1.807) is 19.5 Å². The van der Waals surface area contributed by atoms with Crippen molar-refractivity contribution in [2.45, 2.75) is 46.7 Å². The summed E-state index contributed by atoms with van der Waals surface area (Å²) in [6.07, 6.45) is 3.60. The Morgan fingerprint density at radius 3 is 2.38 bits per heavy atom. The molecular formula is C31H34N6O2S. The molecule has 2 atom stereocenters. The molecule has 0 spiro atoms. The SMILES string of the molecule is COc1cc(N2C(=S)N[C@@H](c3ccccn3)[C@@H]2c2cc(C)n(-c3ccccn3)c2C)ccc1NC(=O)C(C)(C)C. The van der Waals surface area contributed by atoms with E-state index in [1.807, 2.05) is 75.4 Å². The van der Waals surface area contributed by atoms with E-state index in [2.05, 4.69) is 50.0 Å². The Balaban J connectivity index is 1.62. The van der Waals surface area contributed by atoms with Gasteiger partial charge >= 0.3 is 0 Å². The third kappa shape index (κ3) is 5.04. The molecule has 1 aliphatic rings. The highest BCUT2D eigenvalue weighted by atomic mass is 32.1. The molecule has 206 valence electrons. The fourth-order valence-corrected chi connectivity index (χ4v) is 5.46. The van der Waals surface area contributed by atoms with Gasteiger partial charge in [-0.15, -0.1) is 0 Å². The summed E-state index contributed by atoms with van der Waals surface area (Å²) in [6.45, 7) is 9.82. The van der Waals surface area contributed by atoms with E-state index in [1.165, 1.54) is 0 Å². The number of hydrogen-bond acceptors (Lipinski definition) is 5. The Kier molecular flexibility index (Phi) is 7.33. The van der Waals surface area contributed by atoms with Crippen LogP contribution in [-0.2, 0) is 4.79 Å². The minimum absolute atomic E-state index is 0.0908. The number of thiocarbonyl (C=S) groups is 1. The van der Waals surface area contributed by atoms with Gasteiger partial charge in [0.2, 0.25) is 5.91 Å². The third-order valence-electron chi connectivity index (χ3n) is 7.16. The molecule has 0 bridgehead atoms. The van der Waals surface area contributed by atoms with E-state index in [-0.39, 0.29) is 18.0 Å². The standard InChI is InChI=1S/C31H34N6O2S/c1-19-17-22(20(2)36(19)26-12-8-10-16-33-26)28-27(24-11-7-9-15-32-24)35-30(40)37(28)21-13-14-23(25(18-21)39-6)34-29(38)31(3,4)5/h7-18,27-28H,1-6H3,(H,34,38)(H,35,40)/t27-,28-/m0/s1. The molecule has 1 fully saturated rings. The Morgan fingerprint density at radius 2 is 1.75 bits per heavy atom. The van der Waals surface area contributed by atoms with Crippen molar-refractivity contribution in [1.82, 2.24) is 19.9 Å². The molecule has 5 rings (SSSR count). The minimum Gasteiger partial charge on any atom is -0.494 e. The number of ether oxygens (including phenoxy) is 1. The van der Waals surface area contributed by atoms with Gasteiger partial charge in [-0.1, -0.05) is 32.9 Å². The number of nitrogens with zero attached hydrogens (tertiary/aromatic N) is 4. The van der Waals surface area contributed by atoms with Crippen LogP contribution in [0, 0.1) is 19.3 Å². The molecule has 1 aliphatic heterocycles. The monoisotopic (exact) mass is 554 g/mol. The number of rotatable bonds is 6. The summed E-state index contributed by atoms with van der Waals surface area (Å²) >= 11 is 5.94. The van der Waals surface area contributed by atoms with Crippen molar-refractivity contribution in [1.29, 1.82) is 0 Å². The first-order valence-corrected chi connectivity index (χ1v) is 13.6. The molecule has 3 aromatic heterocycles. The van der Waals surface area contributed by atoms with Crippen LogP contribution in [0.4, 0.5) is 11.4 Å². The summed E-state index contributed by atoms with van der Waals surface area (Å²) in [5, 5.41) is 7.10. The van der Waals surface area contributed by atoms with Crippen LogP contribution < -0.4 is 20.3 Å². The molecule has 8 nitrogen and oxygen atoms in total. The van der Waals surface area contributed by atoms with E-state index in [0.717, 1.165) is 34.2 Å². The smallest absolute Gasteiger partial charge is 0.229 e. The number of aryl methyl sites for hydroxylation is 1. The summed E-state index contributed by atoms with van der Waals surface area (Å²) < 4.78 is 7.88. The summed E-state index contributed by atoms with van der Waals surface area (Å²) in [7, 11) is 1.60. The van der Waals surface area contributed by atoms with Crippen molar-refractivity contribution in [2.24, 2.45) is 5.41 Å². The van der Waals surface area contributed by atoms with Crippen LogP contribution >= 0.6 is 12.2 Å². The van der Waals surface area contributed by atoms with Crippen molar-refractivity contribution in [2.75, 3.05) is 17.3 Å². The van der Waals surface area contributed by atoms with Crippen LogP contribution in [0.25, 0.3) is 5.82 Å². The van der Waals surface area contributed by atoms with E-state index in [9.17, 15) is 4.79 Å². The molecule has 0 aliphatic carbocycles. The minimum atomic E-state index is -0.540. The number of carbonyl (C=O) groups is 1. The molecule has 0 radical (unpaired) electrons. The lowest BCUT2D eigenvalue weighted by molar-refractivity contribution is -0.123. The first-order chi connectivity index (χ1) is 19.1. The van der Waals surface area contributed by atoms with Gasteiger partial charge in [-0.2, -0.15) is 0 Å². The molecule has 1 saturated heterocycles. The van der Waals surface area contributed by atoms with Crippen LogP contribution in [0.2, 0.25) is 0 Å². The number of benzene rings is 1. The second kappa shape index (κ2) is 10.7. The number of amides is 1. The topological polar surface area (TPSA) is 84.3 Å². The number of aromatic nitrogens is 3. The first kappa shape index (κ1) is 27.3. The largest absolute Gasteiger partial charge is 0.494 e. The number of methoxy groups -OCH3 is 1. The summed E-state index contributed by atoms with van der Waals surface area (Å²) in [4.78, 5) is 24.1. The Labute approximate surface area is 240 Å². The third-order valence-corrected chi connectivity index (χ3v) is 7.47. The Bertz CT molecular complexity index is 1550. The fraction of sp³-hybridized carbons (Fsp3) is 0.290. The average Bonchev–Trinajstić information content (AvgIpc) is 3.44. The predicted molar refractivity (Wildman–Crippen MR) is 162 cm³/mol. The molecule has 0 unspecified atom stereocenters. The highest BCUT2D eigenvalue weighted by Gasteiger charge is 2.42. The maximum Gasteiger partial charge on any atom is 0.229 e. The van der Waals surface area contributed by atoms with Gasteiger partial charge in [-0.3, -0.25) is 9.78 Å². The zero-order chi connectivity index (χ0) is 28.6. The quantitative estimate of drug-likeness (QED) is 0.281. The van der Waals surface area contributed by atoms with Crippen molar-refractivity contribution >= 4 is 34.6 Å². The second-order valence-electron chi connectivity index (χ2n) is 10.9. The van der Waals surface area contributed by atoms with Gasteiger partial charge in [0.25, 0.3) is 0 Å². The molecule has 1 amide bonds. The number of carbonyl (C=O) groups excluding carboxylic acids is 1. The Hall–Kier alpha value is -4.24. The van der Waals surface area contributed by atoms with Crippen LogP contribution in [0.15, 0.2) is 73.1 Å². The number of anilines is 2.